The summed E-state index contributed by atoms with van der Waals surface area (Å²) >= 11 is 1.35. The van der Waals surface area contributed by atoms with Crippen molar-refractivity contribution in [2.45, 2.75) is 25.9 Å². The number of hydrogen-bond donors (Lipinski definition) is 1. The van der Waals surface area contributed by atoms with Crippen LogP contribution in [0.3, 0.4) is 0 Å². The molecule has 0 aliphatic rings. The van der Waals surface area contributed by atoms with Gasteiger partial charge in [-0.1, -0.05) is 59.3 Å². The third-order valence-electron chi connectivity index (χ3n) is 5.26. The highest BCUT2D eigenvalue weighted by molar-refractivity contribution is 7.99. The van der Waals surface area contributed by atoms with Crippen LogP contribution in [0, 0.1) is 20.8 Å². The normalized spacial score (nSPS) is 10.8. The standard InChI is InChI=1S/C26H26N4O2S/c1-17-9-12-20(13-10-17)30-25(21-7-5-6-8-23(21)32-4)28-29-26(30)33-16-24(31)27-22-14-11-18(2)15-19(22)3/h5-15H,16H2,1-4H3,(H,27,31). The summed E-state index contributed by atoms with van der Waals surface area (Å²) in [5.74, 6) is 1.49. The number of aryl methyl sites for hydroxylation is 3. The number of anilines is 1. The molecule has 7 heteroatoms. The van der Waals surface area contributed by atoms with Gasteiger partial charge in [0.2, 0.25) is 5.91 Å². The number of para-hydroxylation sites is 1. The maximum Gasteiger partial charge on any atom is 0.234 e. The molecule has 0 bridgehead atoms. The second-order valence-electron chi connectivity index (χ2n) is 7.83. The number of nitrogens with zero attached hydrogens (tertiary/aromatic N) is 3. The van der Waals surface area contributed by atoms with Gasteiger partial charge < -0.3 is 10.1 Å². The summed E-state index contributed by atoms with van der Waals surface area (Å²) in [4.78, 5) is 12.7. The first-order valence-corrected chi connectivity index (χ1v) is 11.6. The van der Waals surface area contributed by atoms with Crippen molar-refractivity contribution in [1.82, 2.24) is 14.8 Å². The Labute approximate surface area is 198 Å². The minimum Gasteiger partial charge on any atom is -0.496 e. The Kier molecular flexibility index (Phi) is 6.79. The number of carbonyl (C=O) groups excluding carboxylic acids is 1. The van der Waals surface area contributed by atoms with E-state index in [2.05, 4.69) is 21.6 Å². The van der Waals surface area contributed by atoms with Gasteiger partial charge >= 0.3 is 0 Å². The minimum atomic E-state index is -0.0933. The molecule has 0 unspecified atom stereocenters. The molecule has 0 aliphatic carbocycles. The summed E-state index contributed by atoms with van der Waals surface area (Å²) in [6, 6.07) is 21.8. The van der Waals surface area contributed by atoms with Crippen molar-refractivity contribution in [3.63, 3.8) is 0 Å². The van der Waals surface area contributed by atoms with Crippen molar-refractivity contribution in [3.05, 3.63) is 83.4 Å². The first kappa shape index (κ1) is 22.6. The molecule has 4 aromatic rings. The Morgan fingerprint density at radius 3 is 2.42 bits per heavy atom. The first-order valence-electron chi connectivity index (χ1n) is 10.6. The molecule has 1 heterocycles. The smallest absolute Gasteiger partial charge is 0.234 e. The van der Waals surface area contributed by atoms with E-state index in [1.165, 1.54) is 11.8 Å². The maximum absolute atomic E-state index is 12.7. The van der Waals surface area contributed by atoms with Crippen LogP contribution in [0.1, 0.15) is 16.7 Å². The van der Waals surface area contributed by atoms with Crippen molar-refractivity contribution in [2.24, 2.45) is 0 Å². The average Bonchev–Trinajstić information content (AvgIpc) is 3.24. The van der Waals surface area contributed by atoms with Crippen LogP contribution in [-0.2, 0) is 4.79 Å². The molecule has 0 saturated heterocycles. The van der Waals surface area contributed by atoms with Crippen LogP contribution in [0.15, 0.2) is 71.9 Å². The Bertz CT molecular complexity index is 1280. The molecule has 0 atom stereocenters. The highest BCUT2D eigenvalue weighted by Crippen LogP contribution is 2.33. The third-order valence-corrected chi connectivity index (χ3v) is 6.19. The molecule has 6 nitrogen and oxygen atoms in total. The van der Waals surface area contributed by atoms with Crippen molar-refractivity contribution in [2.75, 3.05) is 18.2 Å². The van der Waals surface area contributed by atoms with Crippen LogP contribution >= 0.6 is 11.8 Å². The summed E-state index contributed by atoms with van der Waals surface area (Å²) in [7, 11) is 1.64. The Morgan fingerprint density at radius 2 is 1.70 bits per heavy atom. The quantitative estimate of drug-likeness (QED) is 0.365. The molecule has 1 N–H and O–H groups in total. The number of hydrogen-bond acceptors (Lipinski definition) is 5. The van der Waals surface area contributed by atoms with Gasteiger partial charge in [0.1, 0.15) is 5.75 Å². The highest BCUT2D eigenvalue weighted by atomic mass is 32.2. The number of carbonyl (C=O) groups is 1. The van der Waals surface area contributed by atoms with Gasteiger partial charge in [-0.15, -0.1) is 10.2 Å². The Hall–Kier alpha value is -3.58. The van der Waals surface area contributed by atoms with Crippen molar-refractivity contribution in [3.8, 4) is 22.8 Å². The number of benzene rings is 3. The summed E-state index contributed by atoms with van der Waals surface area (Å²) in [5, 5.41) is 12.5. The highest BCUT2D eigenvalue weighted by Gasteiger charge is 2.20. The second kappa shape index (κ2) is 9.92. The molecule has 0 spiro atoms. The van der Waals surface area contributed by atoms with E-state index in [9.17, 15) is 4.79 Å². The SMILES string of the molecule is COc1ccccc1-c1nnc(SCC(=O)Nc2ccc(C)cc2C)n1-c1ccc(C)cc1. The second-order valence-corrected chi connectivity index (χ2v) is 8.78. The predicted molar refractivity (Wildman–Crippen MR) is 133 cm³/mol. The molecule has 1 aromatic heterocycles. The number of ether oxygens (including phenoxy) is 1. The number of nitrogens with one attached hydrogen (secondary N) is 1. The lowest BCUT2D eigenvalue weighted by molar-refractivity contribution is -0.113. The fraction of sp³-hybridized carbons (Fsp3) is 0.192. The zero-order chi connectivity index (χ0) is 23.4. The number of aromatic nitrogens is 3. The van der Waals surface area contributed by atoms with Crippen LogP contribution in [0.25, 0.3) is 17.1 Å². The number of thioether (sulfide) groups is 1. The van der Waals surface area contributed by atoms with E-state index in [1.807, 2.05) is 86.0 Å². The number of methoxy groups -OCH3 is 1. The zero-order valence-electron chi connectivity index (χ0n) is 19.1. The van der Waals surface area contributed by atoms with Crippen LogP contribution < -0.4 is 10.1 Å². The molecule has 33 heavy (non-hydrogen) atoms. The Morgan fingerprint density at radius 1 is 0.970 bits per heavy atom. The molecule has 0 radical (unpaired) electrons. The van der Waals surface area contributed by atoms with Gasteiger partial charge in [0, 0.05) is 11.4 Å². The monoisotopic (exact) mass is 458 g/mol. The van der Waals surface area contributed by atoms with Crippen molar-refractivity contribution in [1.29, 1.82) is 0 Å². The van der Waals surface area contributed by atoms with E-state index in [1.54, 1.807) is 7.11 Å². The van der Waals surface area contributed by atoms with Gasteiger partial charge in [0.05, 0.1) is 18.4 Å². The van der Waals surface area contributed by atoms with Crippen LogP contribution in [0.5, 0.6) is 5.75 Å². The minimum absolute atomic E-state index is 0.0933. The molecule has 1 amide bonds. The lowest BCUT2D eigenvalue weighted by Gasteiger charge is -2.13. The topological polar surface area (TPSA) is 69.0 Å². The fourth-order valence-corrected chi connectivity index (χ4v) is 4.32. The average molecular weight is 459 g/mol. The van der Waals surface area contributed by atoms with Crippen molar-refractivity contribution < 1.29 is 9.53 Å². The molecular weight excluding hydrogens is 432 g/mol. The summed E-state index contributed by atoms with van der Waals surface area (Å²) < 4.78 is 7.52. The van der Waals surface area contributed by atoms with E-state index in [4.69, 9.17) is 4.74 Å². The lowest BCUT2D eigenvalue weighted by Crippen LogP contribution is -2.15. The molecule has 0 saturated carbocycles. The van der Waals surface area contributed by atoms with E-state index in [0.29, 0.717) is 16.7 Å². The van der Waals surface area contributed by atoms with Gasteiger partial charge in [-0.2, -0.15) is 0 Å². The van der Waals surface area contributed by atoms with Gasteiger partial charge in [0.25, 0.3) is 0 Å². The Balaban J connectivity index is 1.63. The largest absolute Gasteiger partial charge is 0.496 e. The molecular formula is C26H26N4O2S. The lowest BCUT2D eigenvalue weighted by atomic mass is 10.1. The number of rotatable bonds is 7. The summed E-state index contributed by atoms with van der Waals surface area (Å²) in [5.41, 5.74) is 5.93. The van der Waals surface area contributed by atoms with Gasteiger partial charge in [0.15, 0.2) is 11.0 Å². The van der Waals surface area contributed by atoms with Gasteiger partial charge in [-0.25, -0.2) is 0 Å². The predicted octanol–water partition coefficient (Wildman–Crippen LogP) is 5.60. The first-order chi connectivity index (χ1) is 16.0. The van der Waals surface area contributed by atoms with E-state index < -0.39 is 0 Å². The molecule has 0 fully saturated rings. The van der Waals surface area contributed by atoms with E-state index in [-0.39, 0.29) is 11.7 Å². The summed E-state index contributed by atoms with van der Waals surface area (Å²) in [6.45, 7) is 6.07. The van der Waals surface area contributed by atoms with Crippen LogP contribution in [0.2, 0.25) is 0 Å². The maximum atomic E-state index is 12.7. The van der Waals surface area contributed by atoms with Crippen LogP contribution in [0.4, 0.5) is 5.69 Å². The summed E-state index contributed by atoms with van der Waals surface area (Å²) in [6.07, 6.45) is 0. The van der Waals surface area contributed by atoms with E-state index in [0.717, 1.165) is 33.6 Å². The van der Waals surface area contributed by atoms with Crippen molar-refractivity contribution >= 4 is 23.4 Å². The van der Waals surface area contributed by atoms with Gasteiger partial charge in [-0.05, 0) is 56.7 Å². The third kappa shape index (κ3) is 5.09. The zero-order valence-corrected chi connectivity index (χ0v) is 19.9. The number of amides is 1. The van der Waals surface area contributed by atoms with E-state index >= 15 is 0 Å². The molecule has 3 aromatic carbocycles. The molecule has 168 valence electrons. The van der Waals surface area contributed by atoms with Gasteiger partial charge in [-0.3, -0.25) is 9.36 Å². The molecule has 0 aliphatic heterocycles. The molecule has 4 rings (SSSR count). The van der Waals surface area contributed by atoms with Crippen LogP contribution in [-0.4, -0.2) is 33.5 Å². The fourth-order valence-electron chi connectivity index (χ4n) is 3.56.